The molecule has 1 aromatic rings. The summed E-state index contributed by atoms with van der Waals surface area (Å²) >= 11 is 2.40. The van der Waals surface area contributed by atoms with Gasteiger partial charge in [0.1, 0.15) is 0 Å². The molecule has 1 fully saturated rings. The van der Waals surface area contributed by atoms with E-state index in [4.69, 9.17) is 0 Å². The van der Waals surface area contributed by atoms with Gasteiger partial charge >= 0.3 is 0 Å². The maximum Gasteiger partial charge on any atom is 0.0438 e. The number of piperazine rings is 1. The van der Waals surface area contributed by atoms with E-state index >= 15 is 0 Å². The summed E-state index contributed by atoms with van der Waals surface area (Å²) in [5, 5.41) is 3.75. The highest BCUT2D eigenvalue weighted by Crippen LogP contribution is 2.29. The number of nitrogens with zero attached hydrogens (tertiary/aromatic N) is 1. The highest BCUT2D eigenvalue weighted by molar-refractivity contribution is 14.1. The van der Waals surface area contributed by atoms with Crippen molar-refractivity contribution in [1.82, 2.24) is 5.32 Å². The van der Waals surface area contributed by atoms with Crippen molar-refractivity contribution in [3.05, 3.63) is 27.8 Å². The molecule has 0 aliphatic carbocycles. The van der Waals surface area contributed by atoms with Crippen LogP contribution in [0.25, 0.3) is 0 Å². The first-order valence-electron chi connectivity index (χ1n) is 7.22. The molecule has 0 amide bonds. The third-order valence-electron chi connectivity index (χ3n) is 4.35. The molecule has 0 aromatic heterocycles. The van der Waals surface area contributed by atoms with Crippen molar-refractivity contribution in [2.24, 2.45) is 5.92 Å². The van der Waals surface area contributed by atoms with Crippen LogP contribution < -0.4 is 10.2 Å². The van der Waals surface area contributed by atoms with Crippen molar-refractivity contribution in [2.75, 3.05) is 18.0 Å². The fourth-order valence-corrected chi connectivity index (χ4v) is 3.31. The number of rotatable bonds is 3. The summed E-state index contributed by atoms with van der Waals surface area (Å²) < 4.78 is 1.31. The maximum absolute atomic E-state index is 3.75. The Hall–Kier alpha value is -0.290. The SMILES string of the molecule is CCC1(C)CN(c2cccc(I)c2)C(C(C)C)CN1. The zero-order valence-electron chi connectivity index (χ0n) is 12.4. The molecule has 0 saturated carbocycles. The Bertz CT molecular complexity index is 433. The van der Waals surface area contributed by atoms with Gasteiger partial charge in [0.15, 0.2) is 0 Å². The molecule has 0 bridgehead atoms. The van der Waals surface area contributed by atoms with Crippen molar-refractivity contribution in [1.29, 1.82) is 0 Å². The van der Waals surface area contributed by atoms with Crippen LogP contribution in [0.4, 0.5) is 5.69 Å². The summed E-state index contributed by atoms with van der Waals surface area (Å²) in [5.41, 5.74) is 1.60. The van der Waals surface area contributed by atoms with Gasteiger partial charge in [-0.05, 0) is 60.1 Å². The van der Waals surface area contributed by atoms with E-state index in [0.29, 0.717) is 12.0 Å². The lowest BCUT2D eigenvalue weighted by molar-refractivity contribution is 0.253. The van der Waals surface area contributed by atoms with E-state index in [0.717, 1.165) is 19.5 Å². The Balaban J connectivity index is 2.30. The third kappa shape index (κ3) is 3.43. The average molecular weight is 372 g/mol. The molecule has 1 aromatic carbocycles. The maximum atomic E-state index is 3.75. The van der Waals surface area contributed by atoms with Crippen LogP contribution in [-0.2, 0) is 0 Å². The van der Waals surface area contributed by atoms with Gasteiger partial charge in [-0.3, -0.25) is 0 Å². The second kappa shape index (κ2) is 6.00. The molecular weight excluding hydrogens is 347 g/mol. The first-order valence-corrected chi connectivity index (χ1v) is 8.30. The van der Waals surface area contributed by atoms with Gasteiger partial charge in [-0.25, -0.2) is 0 Å². The molecule has 1 saturated heterocycles. The zero-order chi connectivity index (χ0) is 14.0. The summed E-state index contributed by atoms with van der Waals surface area (Å²) in [5.74, 6) is 0.659. The Kier molecular flexibility index (Phi) is 4.77. The molecule has 1 aliphatic rings. The fraction of sp³-hybridized carbons (Fsp3) is 0.625. The molecule has 2 rings (SSSR count). The van der Waals surface area contributed by atoms with Crippen LogP contribution in [0.1, 0.15) is 34.1 Å². The van der Waals surface area contributed by atoms with Crippen LogP contribution in [-0.4, -0.2) is 24.7 Å². The quantitative estimate of drug-likeness (QED) is 0.810. The number of benzene rings is 1. The first kappa shape index (κ1) is 15.1. The van der Waals surface area contributed by atoms with Gasteiger partial charge in [0.05, 0.1) is 0 Å². The number of hydrogen-bond donors (Lipinski definition) is 1. The molecule has 1 aliphatic heterocycles. The summed E-state index contributed by atoms with van der Waals surface area (Å²) in [6.07, 6.45) is 1.16. The van der Waals surface area contributed by atoms with Gasteiger partial charge in [-0.15, -0.1) is 0 Å². The second-order valence-corrected chi connectivity index (χ2v) is 7.46. The minimum absolute atomic E-state index is 0.229. The Labute approximate surface area is 131 Å². The van der Waals surface area contributed by atoms with E-state index in [1.165, 1.54) is 9.26 Å². The van der Waals surface area contributed by atoms with Gasteiger partial charge in [0.2, 0.25) is 0 Å². The molecule has 2 unspecified atom stereocenters. The van der Waals surface area contributed by atoms with Crippen LogP contribution in [0.5, 0.6) is 0 Å². The number of nitrogens with one attached hydrogen (secondary N) is 1. The van der Waals surface area contributed by atoms with E-state index in [2.05, 4.69) is 84.8 Å². The lowest BCUT2D eigenvalue weighted by Crippen LogP contribution is -2.64. The highest BCUT2D eigenvalue weighted by Gasteiger charge is 2.35. The predicted molar refractivity (Wildman–Crippen MR) is 91.8 cm³/mol. The average Bonchev–Trinajstić information content (AvgIpc) is 2.38. The Morgan fingerprint density at radius 1 is 1.47 bits per heavy atom. The predicted octanol–water partition coefficient (Wildman–Crippen LogP) is 3.89. The first-order chi connectivity index (χ1) is 8.95. The molecule has 106 valence electrons. The number of hydrogen-bond acceptors (Lipinski definition) is 2. The van der Waals surface area contributed by atoms with Crippen molar-refractivity contribution in [2.45, 2.75) is 45.7 Å². The molecule has 2 nitrogen and oxygen atoms in total. The van der Waals surface area contributed by atoms with Gasteiger partial charge in [0.25, 0.3) is 0 Å². The molecule has 0 spiro atoms. The van der Waals surface area contributed by atoms with E-state index in [1.54, 1.807) is 0 Å². The van der Waals surface area contributed by atoms with Crippen LogP contribution in [0, 0.1) is 9.49 Å². The van der Waals surface area contributed by atoms with Crippen LogP contribution in [0.2, 0.25) is 0 Å². The standard InChI is InChI=1S/C16H25IN2/c1-5-16(4)11-19(15(10-18-16)12(2)3)14-8-6-7-13(17)9-14/h6-9,12,15,18H,5,10-11H2,1-4H3. The zero-order valence-corrected chi connectivity index (χ0v) is 14.6. The van der Waals surface area contributed by atoms with Gasteiger partial charge in [0, 0.05) is 33.9 Å². The minimum atomic E-state index is 0.229. The normalized spacial score (nSPS) is 27.9. The van der Waals surface area contributed by atoms with Crippen LogP contribution in [0.3, 0.4) is 0 Å². The molecule has 0 radical (unpaired) electrons. The van der Waals surface area contributed by atoms with Crippen molar-refractivity contribution in [3.63, 3.8) is 0 Å². The van der Waals surface area contributed by atoms with E-state index in [-0.39, 0.29) is 5.54 Å². The van der Waals surface area contributed by atoms with Gasteiger partial charge in [-0.2, -0.15) is 0 Å². The molecule has 2 atom stereocenters. The largest absolute Gasteiger partial charge is 0.365 e. The van der Waals surface area contributed by atoms with Crippen molar-refractivity contribution < 1.29 is 0 Å². The monoisotopic (exact) mass is 372 g/mol. The molecule has 1 N–H and O–H groups in total. The van der Waals surface area contributed by atoms with Crippen molar-refractivity contribution >= 4 is 28.3 Å². The summed E-state index contributed by atoms with van der Waals surface area (Å²) in [7, 11) is 0. The second-order valence-electron chi connectivity index (χ2n) is 6.21. The molecule has 3 heteroatoms. The topological polar surface area (TPSA) is 15.3 Å². The molecule has 1 heterocycles. The Morgan fingerprint density at radius 2 is 2.21 bits per heavy atom. The summed E-state index contributed by atoms with van der Waals surface area (Å²) in [4.78, 5) is 2.60. The lowest BCUT2D eigenvalue weighted by atomic mass is 9.89. The molecular formula is C16H25IN2. The van der Waals surface area contributed by atoms with Crippen molar-refractivity contribution in [3.8, 4) is 0 Å². The smallest absolute Gasteiger partial charge is 0.0438 e. The van der Waals surface area contributed by atoms with Crippen LogP contribution in [0.15, 0.2) is 24.3 Å². The lowest BCUT2D eigenvalue weighted by Gasteiger charge is -2.48. The Morgan fingerprint density at radius 3 is 2.79 bits per heavy atom. The number of anilines is 1. The molecule has 19 heavy (non-hydrogen) atoms. The number of halogens is 1. The van der Waals surface area contributed by atoms with E-state index in [9.17, 15) is 0 Å². The van der Waals surface area contributed by atoms with Crippen LogP contribution >= 0.6 is 22.6 Å². The summed E-state index contributed by atoms with van der Waals surface area (Å²) in [6, 6.07) is 9.46. The summed E-state index contributed by atoms with van der Waals surface area (Å²) in [6.45, 7) is 11.4. The fourth-order valence-electron chi connectivity index (χ4n) is 2.78. The van der Waals surface area contributed by atoms with E-state index in [1.807, 2.05) is 0 Å². The van der Waals surface area contributed by atoms with Gasteiger partial charge < -0.3 is 10.2 Å². The van der Waals surface area contributed by atoms with E-state index < -0.39 is 0 Å². The highest BCUT2D eigenvalue weighted by atomic mass is 127. The van der Waals surface area contributed by atoms with Gasteiger partial charge in [-0.1, -0.05) is 26.8 Å². The minimum Gasteiger partial charge on any atom is -0.365 e. The third-order valence-corrected chi connectivity index (χ3v) is 5.02.